The topological polar surface area (TPSA) is 15.3 Å². The molecule has 0 atom stereocenters. The van der Waals surface area contributed by atoms with E-state index in [0.717, 1.165) is 21.5 Å². The monoisotopic (exact) mass is 1590 g/mol. The molecule has 0 saturated heterocycles. The van der Waals surface area contributed by atoms with Gasteiger partial charge < -0.3 is 10.2 Å². The number of hydrogen-bond donors (Lipinski definition) is 1. The van der Waals surface area contributed by atoms with Gasteiger partial charge in [-0.05, 0) is 277 Å². The highest BCUT2D eigenvalue weighted by Crippen LogP contribution is 2.66. The molecule has 0 amide bonds. The van der Waals surface area contributed by atoms with Crippen molar-refractivity contribution in [2.24, 2.45) is 0 Å². The molecule has 8 aliphatic carbocycles. The number of halogens is 1. The summed E-state index contributed by atoms with van der Waals surface area (Å²) in [4.78, 5) is 2.51. The molecule has 8 aliphatic rings. The van der Waals surface area contributed by atoms with E-state index >= 15 is 0 Å². The van der Waals surface area contributed by atoms with E-state index in [1.54, 1.807) is 0 Å². The first-order chi connectivity index (χ1) is 58.5. The molecule has 24 rings (SSSR count). The number of nitrogens with one attached hydrogen (secondary N) is 1. The maximum atomic E-state index is 3.72. The van der Waals surface area contributed by atoms with Crippen molar-refractivity contribution >= 4 is 44.4 Å². The number of rotatable bonds is 9. The predicted octanol–water partition coefficient (Wildman–Crippen LogP) is 31.8. The Morgan fingerprint density at radius 2 is 0.513 bits per heavy atom. The van der Waals surface area contributed by atoms with E-state index in [1.165, 1.54) is 242 Å². The van der Waals surface area contributed by atoms with E-state index in [4.69, 9.17) is 0 Å². The lowest BCUT2D eigenvalue weighted by molar-refractivity contribution is 0.444. The molecule has 576 valence electrons. The quantitative estimate of drug-likeness (QED) is 0.155. The molecule has 2 fully saturated rings. The lowest BCUT2D eigenvalue weighted by Gasteiger charge is -2.32. The predicted molar refractivity (Wildman–Crippen MR) is 502 cm³/mol. The van der Waals surface area contributed by atoms with Crippen molar-refractivity contribution in [2.45, 2.75) is 125 Å². The van der Waals surface area contributed by atoms with Gasteiger partial charge in [0.05, 0.1) is 10.8 Å². The molecule has 0 unspecified atom stereocenters. The molecule has 0 bridgehead atoms. The SMILES string of the molecule is Brc1ccc2c(c1)C1(c3ccccc3-c3ccccc31)c1ccccc1-2.CC1(C)c2ccccc2-c2ccc(N(c3ccc(-c4ccccc4C4CCCCC4)cc3)c3ccc4c(c3)C3(c5ccccc5-c5ccccc53)c3ccccc3-4)cc21.CC1(C)c2ccccc2-c2ccc(Nc3ccc(-c4ccccc4C4CCCCC4)cc3)cc21. The Hall–Kier alpha value is -12.4. The first-order valence-electron chi connectivity index (χ1n) is 43.4. The number of anilines is 5. The summed E-state index contributed by atoms with van der Waals surface area (Å²) < 4.78 is 1.13. The fourth-order valence-electron chi connectivity index (χ4n) is 23.1. The minimum atomic E-state index is -0.408. The highest BCUT2D eigenvalue weighted by atomic mass is 79.9. The third kappa shape index (κ3) is 11.5. The van der Waals surface area contributed by atoms with Crippen LogP contribution in [0.2, 0.25) is 0 Å². The van der Waals surface area contributed by atoms with Crippen molar-refractivity contribution in [2.75, 3.05) is 10.2 Å². The molecule has 1 N–H and O–H groups in total. The zero-order valence-corrected chi connectivity index (χ0v) is 69.8. The zero-order chi connectivity index (χ0) is 79.7. The average Bonchev–Trinajstić information content (AvgIpc) is 1.49. The maximum absolute atomic E-state index is 3.72. The van der Waals surface area contributed by atoms with Gasteiger partial charge >= 0.3 is 0 Å². The van der Waals surface area contributed by atoms with Crippen molar-refractivity contribution in [3.8, 4) is 89.0 Å². The van der Waals surface area contributed by atoms with Crippen molar-refractivity contribution in [3.63, 3.8) is 0 Å². The first-order valence-corrected chi connectivity index (χ1v) is 44.2. The maximum Gasteiger partial charge on any atom is 0.0726 e. The van der Waals surface area contributed by atoms with Gasteiger partial charge in [0, 0.05) is 43.7 Å². The fraction of sp³-hybridized carbons (Fsp3) is 0.172. The highest BCUT2D eigenvalue weighted by Gasteiger charge is 2.54. The van der Waals surface area contributed by atoms with Crippen molar-refractivity contribution < 1.29 is 0 Å². The third-order valence-electron chi connectivity index (χ3n) is 28.5. The van der Waals surface area contributed by atoms with Gasteiger partial charge in [-0.15, -0.1) is 0 Å². The summed E-state index contributed by atoms with van der Waals surface area (Å²) in [6.07, 6.45) is 13.4. The van der Waals surface area contributed by atoms with E-state index in [0.29, 0.717) is 11.8 Å². The number of benzene rings is 16. The molecule has 2 spiro atoms. The van der Waals surface area contributed by atoms with Gasteiger partial charge in [-0.1, -0.05) is 373 Å². The van der Waals surface area contributed by atoms with Gasteiger partial charge in [-0.25, -0.2) is 0 Å². The Labute approximate surface area is 710 Å². The van der Waals surface area contributed by atoms with Crippen LogP contribution >= 0.6 is 15.9 Å². The average molecular weight is 1600 g/mol. The number of nitrogens with zero attached hydrogens (tertiary/aromatic N) is 1. The Kier molecular flexibility index (Phi) is 17.8. The van der Waals surface area contributed by atoms with Crippen LogP contribution in [0.25, 0.3) is 89.0 Å². The van der Waals surface area contributed by atoms with E-state index in [9.17, 15) is 0 Å². The van der Waals surface area contributed by atoms with Crippen molar-refractivity contribution in [1.82, 2.24) is 0 Å². The van der Waals surface area contributed by atoms with Gasteiger partial charge in [0.15, 0.2) is 0 Å². The fourth-order valence-corrected chi connectivity index (χ4v) is 23.5. The zero-order valence-electron chi connectivity index (χ0n) is 68.2. The lowest BCUT2D eigenvalue weighted by Crippen LogP contribution is -2.26. The number of hydrogen-bond acceptors (Lipinski definition) is 2. The second-order valence-electron chi connectivity index (χ2n) is 35.5. The lowest BCUT2D eigenvalue weighted by atomic mass is 9.70. The standard InChI is InChI=1S/C58H47N.C33H33N.C25H15Br/c1-57(2)51-24-12-8-20-45(51)49-34-32-41(36-55(49)57)59(40-30-28-39(29-31-40)44-19-7-6-18-43(44)38-16-4-3-5-17-38)42-33-35-50-48-23-11-15-27-54(48)58(56(50)37-42)52-25-13-9-21-46(52)47-22-10-14-26-53(47)58;1-33(2)31-15-9-8-14-29(31)30-21-20-26(22-32(30)33)34-25-18-16-24(17-19-25)28-13-7-6-12-27(28)23-10-4-3-5-11-23;26-16-13-14-20-19-9-3-6-12-23(19)25(24(20)15-16)21-10-4-1-7-17(21)18-8-2-5-11-22(18)25/h6-15,18-38H,3-5,16-17H2,1-2H3;6-9,12-23,34H,3-5,10-11H2,1-2H3;1-15H. The molecule has 0 radical (unpaired) electrons. The molecule has 2 saturated carbocycles. The van der Waals surface area contributed by atoms with Gasteiger partial charge in [-0.2, -0.15) is 0 Å². The van der Waals surface area contributed by atoms with Crippen molar-refractivity contribution in [1.29, 1.82) is 0 Å². The molecule has 2 nitrogen and oxygen atoms in total. The van der Waals surface area contributed by atoms with Crippen LogP contribution in [0.15, 0.2) is 368 Å². The summed E-state index contributed by atoms with van der Waals surface area (Å²) in [5.41, 5.74) is 46.2. The second kappa shape index (κ2) is 29.0. The van der Waals surface area contributed by atoms with Crippen LogP contribution in [0, 0.1) is 0 Å². The van der Waals surface area contributed by atoms with Crippen LogP contribution in [-0.2, 0) is 21.7 Å². The molecule has 0 aliphatic heterocycles. The Balaban J connectivity index is 0.000000119. The van der Waals surface area contributed by atoms with Gasteiger partial charge in [-0.3, -0.25) is 0 Å². The second-order valence-corrected chi connectivity index (χ2v) is 36.4. The summed E-state index contributed by atoms with van der Waals surface area (Å²) in [5, 5.41) is 3.65. The minimum Gasteiger partial charge on any atom is -0.356 e. The third-order valence-corrected chi connectivity index (χ3v) is 29.0. The summed E-state index contributed by atoms with van der Waals surface area (Å²) in [6.45, 7) is 9.44. The Bertz CT molecular complexity index is 6570. The van der Waals surface area contributed by atoms with E-state index < -0.39 is 5.41 Å². The smallest absolute Gasteiger partial charge is 0.0726 e. The molecular formula is C116H95BrN2. The number of fused-ring (bicyclic) bond motifs is 26. The largest absolute Gasteiger partial charge is 0.356 e. The molecule has 119 heavy (non-hydrogen) atoms. The summed E-state index contributed by atoms with van der Waals surface area (Å²) in [6, 6.07) is 136. The molecular weight excluding hydrogens is 1500 g/mol. The summed E-state index contributed by atoms with van der Waals surface area (Å²) in [5.74, 6) is 1.35. The molecule has 16 aromatic rings. The first kappa shape index (κ1) is 73.0. The van der Waals surface area contributed by atoms with Gasteiger partial charge in [0.2, 0.25) is 0 Å². The van der Waals surface area contributed by atoms with Crippen LogP contribution in [0.4, 0.5) is 28.4 Å². The van der Waals surface area contributed by atoms with Crippen LogP contribution in [0.5, 0.6) is 0 Å². The van der Waals surface area contributed by atoms with E-state index in [2.05, 4.69) is 418 Å². The Morgan fingerprint density at radius 3 is 0.916 bits per heavy atom. The van der Waals surface area contributed by atoms with Crippen LogP contribution < -0.4 is 10.2 Å². The highest BCUT2D eigenvalue weighted by molar-refractivity contribution is 9.10. The summed E-state index contributed by atoms with van der Waals surface area (Å²) >= 11 is 3.72. The minimum absolute atomic E-state index is 0.0241. The van der Waals surface area contributed by atoms with Crippen LogP contribution in [0.1, 0.15) is 182 Å². The van der Waals surface area contributed by atoms with E-state index in [-0.39, 0.29) is 16.2 Å². The summed E-state index contributed by atoms with van der Waals surface area (Å²) in [7, 11) is 0. The van der Waals surface area contributed by atoms with E-state index in [1.807, 2.05) is 0 Å². The van der Waals surface area contributed by atoms with Crippen LogP contribution in [-0.4, -0.2) is 0 Å². The van der Waals surface area contributed by atoms with Gasteiger partial charge in [0.25, 0.3) is 0 Å². The molecule has 3 heteroatoms. The van der Waals surface area contributed by atoms with Gasteiger partial charge in [0.1, 0.15) is 0 Å². The Morgan fingerprint density at radius 1 is 0.235 bits per heavy atom. The van der Waals surface area contributed by atoms with Crippen molar-refractivity contribution in [3.05, 3.63) is 446 Å². The molecule has 0 aromatic heterocycles. The normalized spacial score (nSPS) is 16.0. The van der Waals surface area contributed by atoms with Crippen LogP contribution in [0.3, 0.4) is 0 Å². The molecule has 0 heterocycles. The molecule has 16 aromatic carbocycles.